The van der Waals surface area contributed by atoms with Gasteiger partial charge in [0, 0.05) is 5.69 Å². The van der Waals surface area contributed by atoms with Crippen molar-refractivity contribution in [1.29, 1.82) is 0 Å². The summed E-state index contributed by atoms with van der Waals surface area (Å²) in [6.45, 7) is 1.89. The lowest BCUT2D eigenvalue weighted by atomic mass is 10.2. The average molecular weight is 318 g/mol. The molecule has 0 radical (unpaired) electrons. The Hall–Kier alpha value is -2.18. The second-order valence-electron chi connectivity index (χ2n) is 4.78. The normalized spacial score (nSPS) is 11.2. The Morgan fingerprint density at radius 2 is 1.50 bits per heavy atom. The first-order valence-electron chi connectivity index (χ1n) is 6.91. The second-order valence-corrected chi connectivity index (χ2v) is 6.73. The lowest BCUT2D eigenvalue weighted by Gasteiger charge is -2.07. The molecule has 0 fully saturated rings. The number of nitrogens with two attached hydrogens (primary N) is 1. The summed E-state index contributed by atoms with van der Waals surface area (Å²) in [7, 11) is -3.55. The van der Waals surface area contributed by atoms with Crippen molar-refractivity contribution in [3.8, 4) is 0 Å². The fourth-order valence-corrected chi connectivity index (χ4v) is 3.23. The first-order valence-corrected chi connectivity index (χ1v) is 8.39. The highest BCUT2D eigenvalue weighted by molar-refractivity contribution is 7.91. The molecule has 116 valence electrons. The molecule has 2 rings (SSSR count). The van der Waals surface area contributed by atoms with Crippen LogP contribution in [0.4, 0.5) is 5.69 Å². The number of amides is 1. The van der Waals surface area contributed by atoms with Gasteiger partial charge in [0.2, 0.25) is 15.7 Å². The van der Waals surface area contributed by atoms with E-state index in [0.717, 1.165) is 12.0 Å². The van der Waals surface area contributed by atoms with Crippen molar-refractivity contribution in [3.63, 3.8) is 0 Å². The highest BCUT2D eigenvalue weighted by Crippen LogP contribution is 2.22. The molecule has 22 heavy (non-hydrogen) atoms. The molecule has 2 aromatic carbocycles. The molecular formula is C16H18N2O3S. The molecule has 0 spiro atoms. The van der Waals surface area contributed by atoms with E-state index in [0.29, 0.717) is 5.69 Å². The first-order chi connectivity index (χ1) is 10.5. The molecule has 3 N–H and O–H groups in total. The predicted octanol–water partition coefficient (Wildman–Crippen LogP) is 1.98. The Bertz CT molecular complexity index is 751. The summed E-state index contributed by atoms with van der Waals surface area (Å²) in [6.07, 6.45) is 0.857. The summed E-state index contributed by atoms with van der Waals surface area (Å²) in [6, 6.07) is 12.9. The molecule has 0 aliphatic rings. The lowest BCUT2D eigenvalue weighted by Crippen LogP contribution is -2.21. The van der Waals surface area contributed by atoms with Crippen molar-refractivity contribution in [2.45, 2.75) is 23.1 Å². The number of carbonyl (C=O) groups is 1. The van der Waals surface area contributed by atoms with Crippen LogP contribution in [0.5, 0.6) is 0 Å². The van der Waals surface area contributed by atoms with Gasteiger partial charge in [-0.1, -0.05) is 19.1 Å². The van der Waals surface area contributed by atoms with E-state index >= 15 is 0 Å². The van der Waals surface area contributed by atoms with Crippen molar-refractivity contribution in [2.75, 3.05) is 11.9 Å². The van der Waals surface area contributed by atoms with E-state index in [1.54, 1.807) is 24.3 Å². The third-order valence-electron chi connectivity index (χ3n) is 3.28. The average Bonchev–Trinajstić information content (AvgIpc) is 2.55. The van der Waals surface area contributed by atoms with Crippen molar-refractivity contribution in [3.05, 3.63) is 54.1 Å². The van der Waals surface area contributed by atoms with Gasteiger partial charge in [0.1, 0.15) is 0 Å². The van der Waals surface area contributed by atoms with Crippen molar-refractivity contribution in [2.24, 2.45) is 5.73 Å². The number of hydrogen-bond donors (Lipinski definition) is 2. The van der Waals surface area contributed by atoms with Gasteiger partial charge in [0.05, 0.1) is 16.3 Å². The Morgan fingerprint density at radius 1 is 1.00 bits per heavy atom. The molecule has 0 saturated heterocycles. The summed E-state index contributed by atoms with van der Waals surface area (Å²) in [5.41, 5.74) is 6.80. The highest BCUT2D eigenvalue weighted by Gasteiger charge is 2.17. The van der Waals surface area contributed by atoms with Crippen molar-refractivity contribution >= 4 is 21.4 Å². The number of aryl methyl sites for hydroxylation is 1. The maximum absolute atomic E-state index is 12.5. The van der Waals surface area contributed by atoms with Crippen LogP contribution in [0.3, 0.4) is 0 Å². The van der Waals surface area contributed by atoms with Gasteiger partial charge in [0.25, 0.3) is 0 Å². The van der Waals surface area contributed by atoms with Crippen LogP contribution in [-0.2, 0) is 21.1 Å². The van der Waals surface area contributed by atoms with E-state index in [-0.39, 0.29) is 22.2 Å². The van der Waals surface area contributed by atoms with Gasteiger partial charge < -0.3 is 11.1 Å². The molecule has 5 nitrogen and oxygen atoms in total. The minimum absolute atomic E-state index is 0.121. The Morgan fingerprint density at radius 3 is 1.95 bits per heavy atom. The van der Waals surface area contributed by atoms with E-state index < -0.39 is 9.84 Å². The van der Waals surface area contributed by atoms with Gasteiger partial charge in [-0.15, -0.1) is 0 Å². The van der Waals surface area contributed by atoms with Crippen LogP contribution < -0.4 is 11.1 Å². The standard InChI is InChI=1S/C16H18N2O3S/c1-2-12-3-7-14(8-4-12)22(20,21)15-9-5-13(6-10-15)18-16(19)11-17/h3-10H,2,11,17H2,1H3,(H,18,19). The number of anilines is 1. The molecular weight excluding hydrogens is 300 g/mol. The molecule has 2 aromatic rings. The van der Waals surface area contributed by atoms with E-state index in [1.807, 2.05) is 19.1 Å². The SMILES string of the molecule is CCc1ccc(S(=O)(=O)c2ccc(NC(=O)CN)cc2)cc1. The monoisotopic (exact) mass is 318 g/mol. The van der Waals surface area contributed by atoms with E-state index in [4.69, 9.17) is 5.73 Å². The first kappa shape index (κ1) is 16.2. The molecule has 0 aliphatic heterocycles. The summed E-state index contributed by atoms with van der Waals surface area (Å²) in [5, 5.41) is 2.57. The Labute approximate surface area is 130 Å². The summed E-state index contributed by atoms with van der Waals surface area (Å²) >= 11 is 0. The van der Waals surface area contributed by atoms with Crippen LogP contribution in [-0.4, -0.2) is 20.9 Å². The number of benzene rings is 2. The smallest absolute Gasteiger partial charge is 0.238 e. The fourth-order valence-electron chi connectivity index (χ4n) is 1.97. The zero-order valence-corrected chi connectivity index (χ0v) is 13.1. The second kappa shape index (κ2) is 6.72. The van der Waals surface area contributed by atoms with Crippen LogP contribution in [0.25, 0.3) is 0 Å². The fraction of sp³-hybridized carbons (Fsp3) is 0.188. The van der Waals surface area contributed by atoms with Crippen molar-refractivity contribution < 1.29 is 13.2 Å². The number of nitrogens with one attached hydrogen (secondary N) is 1. The summed E-state index contributed by atoms with van der Waals surface area (Å²) in [4.78, 5) is 11.6. The maximum Gasteiger partial charge on any atom is 0.238 e. The van der Waals surface area contributed by atoms with Gasteiger partial charge in [-0.3, -0.25) is 4.79 Å². The quantitative estimate of drug-likeness (QED) is 0.882. The number of rotatable bonds is 5. The largest absolute Gasteiger partial charge is 0.325 e. The molecule has 0 saturated carbocycles. The van der Waals surface area contributed by atoms with Crippen LogP contribution in [0.1, 0.15) is 12.5 Å². The topological polar surface area (TPSA) is 89.3 Å². The zero-order chi connectivity index (χ0) is 16.2. The predicted molar refractivity (Wildman–Crippen MR) is 85.4 cm³/mol. The maximum atomic E-state index is 12.5. The number of sulfone groups is 1. The molecule has 0 atom stereocenters. The lowest BCUT2D eigenvalue weighted by molar-refractivity contribution is -0.114. The molecule has 6 heteroatoms. The third-order valence-corrected chi connectivity index (χ3v) is 5.06. The Kier molecular flexibility index (Phi) is 4.95. The summed E-state index contributed by atoms with van der Waals surface area (Å²) in [5.74, 6) is -0.328. The highest BCUT2D eigenvalue weighted by atomic mass is 32.2. The van der Waals surface area contributed by atoms with Crippen LogP contribution in [0.2, 0.25) is 0 Å². The third kappa shape index (κ3) is 3.52. The molecule has 0 bridgehead atoms. The molecule has 0 aromatic heterocycles. The van der Waals surface area contributed by atoms with E-state index in [2.05, 4.69) is 5.32 Å². The van der Waals surface area contributed by atoms with Gasteiger partial charge in [-0.05, 0) is 48.4 Å². The minimum Gasteiger partial charge on any atom is -0.325 e. The molecule has 0 heterocycles. The minimum atomic E-state index is -3.55. The number of carbonyl (C=O) groups excluding carboxylic acids is 1. The van der Waals surface area contributed by atoms with E-state index in [1.165, 1.54) is 12.1 Å². The van der Waals surface area contributed by atoms with Gasteiger partial charge in [0.15, 0.2) is 0 Å². The van der Waals surface area contributed by atoms with Crippen LogP contribution in [0.15, 0.2) is 58.3 Å². The van der Waals surface area contributed by atoms with E-state index in [9.17, 15) is 13.2 Å². The zero-order valence-electron chi connectivity index (χ0n) is 12.2. The van der Waals surface area contributed by atoms with Crippen molar-refractivity contribution in [1.82, 2.24) is 0 Å². The van der Waals surface area contributed by atoms with Crippen LogP contribution >= 0.6 is 0 Å². The summed E-state index contributed by atoms with van der Waals surface area (Å²) < 4.78 is 25.0. The van der Waals surface area contributed by atoms with Gasteiger partial charge >= 0.3 is 0 Å². The molecule has 1 amide bonds. The molecule has 0 unspecified atom stereocenters. The number of hydrogen-bond acceptors (Lipinski definition) is 4. The Balaban J connectivity index is 2.27. The van der Waals surface area contributed by atoms with Gasteiger partial charge in [-0.25, -0.2) is 8.42 Å². The van der Waals surface area contributed by atoms with Gasteiger partial charge in [-0.2, -0.15) is 0 Å². The molecule has 0 aliphatic carbocycles. The van der Waals surface area contributed by atoms with Crippen LogP contribution in [0, 0.1) is 0 Å².